The molecule has 37 heavy (non-hydrogen) atoms. The van der Waals surface area contributed by atoms with Crippen LogP contribution in [0.5, 0.6) is 0 Å². The summed E-state index contributed by atoms with van der Waals surface area (Å²) < 4.78 is 13.2. The molecule has 0 saturated carbocycles. The summed E-state index contributed by atoms with van der Waals surface area (Å²) in [6.07, 6.45) is 4.33. The molecular formula is C32H39NO3Si. The molecule has 0 amide bonds. The fourth-order valence-electron chi connectivity index (χ4n) is 6.63. The molecule has 2 fully saturated rings. The van der Waals surface area contributed by atoms with Gasteiger partial charge in [-0.3, -0.25) is 4.90 Å². The third-order valence-corrected chi connectivity index (χ3v) is 13.4. The fraction of sp³-hybridized carbons (Fsp3) is 0.406. The maximum atomic E-state index is 12.7. The molecule has 2 atom stereocenters. The van der Waals surface area contributed by atoms with Crippen molar-refractivity contribution < 1.29 is 14.0 Å². The lowest BCUT2D eigenvalue weighted by molar-refractivity contribution is 0.0160. The number of carbonyl (C=O) groups is 1. The Hall–Kier alpha value is -2.73. The maximum absolute atomic E-state index is 12.7. The lowest BCUT2D eigenvalue weighted by atomic mass is 9.95. The van der Waals surface area contributed by atoms with E-state index in [0.29, 0.717) is 24.8 Å². The van der Waals surface area contributed by atoms with Crippen LogP contribution in [0.3, 0.4) is 0 Å². The van der Waals surface area contributed by atoms with Crippen LogP contribution >= 0.6 is 0 Å². The molecule has 3 aromatic rings. The molecule has 0 aromatic heterocycles. The van der Waals surface area contributed by atoms with E-state index < -0.39 is 8.32 Å². The Morgan fingerprint density at radius 1 is 0.892 bits per heavy atom. The Morgan fingerprint density at radius 2 is 1.46 bits per heavy atom. The standard InChI is InChI=1S/C32H39NO3Si/c1-31(2,3)37(28-16-9-5-10-17-28,29-18-11-6-12-19-29)36-24-27-20-22-32(21-13-23-33(27)32)25-35-30(34)26-14-7-4-8-15-26/h4-12,14-19,27H,13,20-25H2,1-3H3/t27-,32+/m1/s1. The van der Waals surface area contributed by atoms with E-state index in [1.54, 1.807) is 0 Å². The third-order valence-electron chi connectivity index (χ3n) is 8.42. The summed E-state index contributed by atoms with van der Waals surface area (Å²) in [5, 5.41) is 2.59. The number of esters is 1. The van der Waals surface area contributed by atoms with E-state index in [0.717, 1.165) is 32.2 Å². The minimum absolute atomic E-state index is 0.0401. The number of ether oxygens (including phenoxy) is 1. The minimum Gasteiger partial charge on any atom is -0.460 e. The molecule has 4 nitrogen and oxygen atoms in total. The molecule has 0 spiro atoms. The molecule has 0 radical (unpaired) electrons. The summed E-state index contributed by atoms with van der Waals surface area (Å²) in [4.78, 5) is 15.3. The van der Waals surface area contributed by atoms with Crippen molar-refractivity contribution in [1.82, 2.24) is 4.90 Å². The topological polar surface area (TPSA) is 38.8 Å². The van der Waals surface area contributed by atoms with Gasteiger partial charge < -0.3 is 9.16 Å². The summed E-state index contributed by atoms with van der Waals surface area (Å²) >= 11 is 0. The lowest BCUT2D eigenvalue weighted by Crippen LogP contribution is -2.67. The molecule has 2 aliphatic rings. The van der Waals surface area contributed by atoms with Crippen LogP contribution in [0.2, 0.25) is 5.04 Å². The van der Waals surface area contributed by atoms with Crippen molar-refractivity contribution in [3.63, 3.8) is 0 Å². The van der Waals surface area contributed by atoms with Gasteiger partial charge >= 0.3 is 5.97 Å². The Kier molecular flexibility index (Phi) is 7.39. The fourth-order valence-corrected chi connectivity index (χ4v) is 11.2. The van der Waals surface area contributed by atoms with Gasteiger partial charge in [0.1, 0.15) is 6.61 Å². The van der Waals surface area contributed by atoms with Gasteiger partial charge in [0.25, 0.3) is 8.32 Å². The lowest BCUT2D eigenvalue weighted by Gasteiger charge is -2.44. The first-order valence-electron chi connectivity index (χ1n) is 13.6. The Balaban J connectivity index is 1.37. The molecule has 2 saturated heterocycles. The van der Waals surface area contributed by atoms with Crippen molar-refractivity contribution in [2.24, 2.45) is 0 Å². The summed E-state index contributed by atoms with van der Waals surface area (Å²) in [5.41, 5.74) is 0.553. The summed E-state index contributed by atoms with van der Waals surface area (Å²) in [6, 6.07) is 31.4. The highest BCUT2D eigenvalue weighted by Gasteiger charge is 2.53. The van der Waals surface area contributed by atoms with Crippen LogP contribution < -0.4 is 10.4 Å². The van der Waals surface area contributed by atoms with Gasteiger partial charge in [0, 0.05) is 6.04 Å². The average molecular weight is 514 g/mol. The van der Waals surface area contributed by atoms with E-state index >= 15 is 0 Å². The van der Waals surface area contributed by atoms with E-state index in [1.807, 2.05) is 30.3 Å². The normalized spacial score (nSPS) is 22.1. The Morgan fingerprint density at radius 3 is 2.03 bits per heavy atom. The molecule has 0 unspecified atom stereocenters. The van der Waals surface area contributed by atoms with Crippen molar-refractivity contribution in [2.75, 3.05) is 19.8 Å². The highest BCUT2D eigenvalue weighted by molar-refractivity contribution is 6.99. The molecule has 3 aromatic carbocycles. The molecule has 0 N–H and O–H groups in total. The summed E-state index contributed by atoms with van der Waals surface area (Å²) in [7, 11) is -2.58. The smallest absolute Gasteiger partial charge is 0.338 e. The van der Waals surface area contributed by atoms with Gasteiger partial charge in [0.05, 0.1) is 17.7 Å². The highest BCUT2D eigenvalue weighted by Crippen LogP contribution is 2.44. The van der Waals surface area contributed by atoms with Crippen LogP contribution in [0.25, 0.3) is 0 Å². The Labute approximate surface area is 222 Å². The van der Waals surface area contributed by atoms with Gasteiger partial charge in [0.2, 0.25) is 0 Å². The molecule has 2 aliphatic heterocycles. The second kappa shape index (κ2) is 10.6. The minimum atomic E-state index is -2.58. The molecule has 2 heterocycles. The zero-order chi connectivity index (χ0) is 25.9. The second-order valence-electron chi connectivity index (χ2n) is 11.6. The van der Waals surface area contributed by atoms with E-state index in [2.05, 4.69) is 86.3 Å². The van der Waals surface area contributed by atoms with Crippen LogP contribution in [-0.4, -0.2) is 50.5 Å². The SMILES string of the molecule is CC(C)(C)[Si](OC[C@H]1CC[C@]2(COC(=O)c3ccccc3)CCCN12)(c1ccccc1)c1ccccc1. The van der Waals surface area contributed by atoms with Crippen molar-refractivity contribution in [1.29, 1.82) is 0 Å². The van der Waals surface area contributed by atoms with Gasteiger partial charge in [-0.25, -0.2) is 4.79 Å². The predicted molar refractivity (Wildman–Crippen MR) is 152 cm³/mol. The molecule has 0 aliphatic carbocycles. The predicted octanol–water partition coefficient (Wildman–Crippen LogP) is 5.42. The average Bonchev–Trinajstić information content (AvgIpc) is 3.48. The molecular weight excluding hydrogens is 474 g/mol. The van der Waals surface area contributed by atoms with Gasteiger partial charge in [0.15, 0.2) is 0 Å². The van der Waals surface area contributed by atoms with Gasteiger partial charge in [-0.1, -0.05) is 99.6 Å². The third kappa shape index (κ3) is 4.92. The second-order valence-corrected chi connectivity index (χ2v) is 15.9. The first kappa shape index (κ1) is 25.9. The Bertz CT molecular complexity index is 1140. The maximum Gasteiger partial charge on any atom is 0.338 e. The van der Waals surface area contributed by atoms with Crippen LogP contribution in [0.15, 0.2) is 91.0 Å². The number of hydrogen-bond donors (Lipinski definition) is 0. The summed E-state index contributed by atoms with van der Waals surface area (Å²) in [5.74, 6) is -0.228. The van der Waals surface area contributed by atoms with Crippen molar-refractivity contribution in [3.05, 3.63) is 96.6 Å². The van der Waals surface area contributed by atoms with Crippen LogP contribution in [0, 0.1) is 0 Å². The van der Waals surface area contributed by atoms with E-state index in [1.165, 1.54) is 10.4 Å². The van der Waals surface area contributed by atoms with Crippen LogP contribution in [-0.2, 0) is 9.16 Å². The number of hydrogen-bond acceptors (Lipinski definition) is 4. The monoisotopic (exact) mass is 513 g/mol. The van der Waals surface area contributed by atoms with Gasteiger partial charge in [-0.05, 0) is 59.8 Å². The van der Waals surface area contributed by atoms with Gasteiger partial charge in [-0.2, -0.15) is 0 Å². The van der Waals surface area contributed by atoms with E-state index in [-0.39, 0.29) is 16.5 Å². The number of rotatable bonds is 8. The quantitative estimate of drug-likeness (QED) is 0.298. The first-order chi connectivity index (χ1) is 17.9. The summed E-state index contributed by atoms with van der Waals surface area (Å²) in [6.45, 7) is 9.18. The molecule has 0 bridgehead atoms. The number of fused-ring (bicyclic) bond motifs is 1. The van der Waals surface area contributed by atoms with Crippen molar-refractivity contribution >= 4 is 24.7 Å². The van der Waals surface area contributed by atoms with Crippen molar-refractivity contribution in [2.45, 2.75) is 63.1 Å². The largest absolute Gasteiger partial charge is 0.460 e. The van der Waals surface area contributed by atoms with E-state index in [9.17, 15) is 4.79 Å². The van der Waals surface area contributed by atoms with E-state index in [4.69, 9.17) is 9.16 Å². The highest BCUT2D eigenvalue weighted by atomic mass is 28.4. The molecule has 5 rings (SSSR count). The molecule has 194 valence electrons. The van der Waals surface area contributed by atoms with Crippen LogP contribution in [0.4, 0.5) is 0 Å². The first-order valence-corrected chi connectivity index (χ1v) is 15.5. The number of carbonyl (C=O) groups excluding carboxylic acids is 1. The number of benzene rings is 3. The zero-order valence-corrected chi connectivity index (χ0v) is 23.4. The van der Waals surface area contributed by atoms with Crippen LogP contribution in [0.1, 0.15) is 56.8 Å². The van der Waals surface area contributed by atoms with Gasteiger partial charge in [-0.15, -0.1) is 0 Å². The molecule has 5 heteroatoms. The zero-order valence-electron chi connectivity index (χ0n) is 22.4. The number of nitrogens with zero attached hydrogens (tertiary/aromatic N) is 1. The van der Waals surface area contributed by atoms with Crippen molar-refractivity contribution in [3.8, 4) is 0 Å².